The smallest absolute Gasteiger partial charge is 0.368 e. The molecule has 5 fully saturated rings. The van der Waals surface area contributed by atoms with Crippen molar-refractivity contribution in [3.05, 3.63) is 18.5 Å². The van der Waals surface area contributed by atoms with Crippen molar-refractivity contribution in [1.82, 2.24) is 24.8 Å². The van der Waals surface area contributed by atoms with Crippen molar-refractivity contribution in [2.24, 2.45) is 5.92 Å². The largest absolute Gasteiger partial charge is 0.401 e. The minimum absolute atomic E-state index is 0.0258. The number of piperazine rings is 1. The molecule has 1 aliphatic carbocycles. The number of fused-ring (bicyclic) bond motifs is 3. The molecule has 1 saturated carbocycles. The predicted molar refractivity (Wildman–Crippen MR) is 108 cm³/mol. The van der Waals surface area contributed by atoms with Crippen molar-refractivity contribution in [2.75, 3.05) is 41.7 Å². The van der Waals surface area contributed by atoms with Gasteiger partial charge in [0.25, 0.3) is 0 Å². The fraction of sp³-hybridized carbons (Fsp3) is 0.600. The number of hydrogen-bond donors (Lipinski definition) is 1. The molecule has 2 unspecified atom stereocenters. The van der Waals surface area contributed by atoms with Crippen LogP contribution in [-0.2, 0) is 0 Å². The van der Waals surface area contributed by atoms with Gasteiger partial charge in [-0.3, -0.25) is 4.90 Å². The van der Waals surface area contributed by atoms with Crippen LogP contribution in [0.5, 0.6) is 0 Å². The van der Waals surface area contributed by atoms with Crippen LogP contribution in [0.25, 0.3) is 11.3 Å². The standard InChI is InChI=1S/C20H23F3N8/c21-20(22,23)10-29-8-15-3-14(29)9-30(15)17-4-16(12-5-25-18(24)26-6-12)27-19(28-17)31-7-11-1-13(31)2-11/h4-6,11,13-15H,1-3,7-10H2,(H2,24,25,26). The lowest BCUT2D eigenvalue weighted by molar-refractivity contribution is -0.148. The van der Waals surface area contributed by atoms with Crippen LogP contribution >= 0.6 is 0 Å². The van der Waals surface area contributed by atoms with E-state index in [0.29, 0.717) is 36.7 Å². The summed E-state index contributed by atoms with van der Waals surface area (Å²) in [6, 6.07) is 2.30. The lowest BCUT2D eigenvalue weighted by atomic mass is 9.86. The summed E-state index contributed by atoms with van der Waals surface area (Å²) in [7, 11) is 0. The van der Waals surface area contributed by atoms with Crippen molar-refractivity contribution in [2.45, 2.75) is 43.6 Å². The summed E-state index contributed by atoms with van der Waals surface area (Å²) in [5.74, 6) is 2.35. The van der Waals surface area contributed by atoms with Crippen molar-refractivity contribution in [3.63, 3.8) is 0 Å². The lowest BCUT2D eigenvalue weighted by Gasteiger charge is -2.35. The molecule has 2 atom stereocenters. The van der Waals surface area contributed by atoms with Crippen LogP contribution in [0.2, 0.25) is 0 Å². The molecular weight excluding hydrogens is 409 g/mol. The molecule has 2 aromatic rings. The van der Waals surface area contributed by atoms with E-state index in [0.717, 1.165) is 24.3 Å². The van der Waals surface area contributed by atoms with Crippen molar-refractivity contribution in [1.29, 1.82) is 0 Å². The maximum atomic E-state index is 12.9. The Kier molecular flexibility index (Phi) is 4.08. The van der Waals surface area contributed by atoms with Crippen LogP contribution < -0.4 is 15.5 Å². The number of likely N-dealkylation sites (tertiary alicyclic amines) is 1. The van der Waals surface area contributed by atoms with E-state index in [1.807, 2.05) is 6.07 Å². The van der Waals surface area contributed by atoms with Crippen LogP contribution in [0.3, 0.4) is 0 Å². The van der Waals surface area contributed by atoms with E-state index in [2.05, 4.69) is 19.8 Å². The molecule has 11 heteroatoms. The van der Waals surface area contributed by atoms with E-state index in [4.69, 9.17) is 15.7 Å². The van der Waals surface area contributed by atoms with E-state index in [1.54, 1.807) is 17.3 Å². The molecule has 31 heavy (non-hydrogen) atoms. The zero-order chi connectivity index (χ0) is 21.3. The molecule has 5 aliphatic rings. The summed E-state index contributed by atoms with van der Waals surface area (Å²) in [5.41, 5.74) is 7.08. The van der Waals surface area contributed by atoms with Gasteiger partial charge in [0.2, 0.25) is 11.9 Å². The van der Waals surface area contributed by atoms with Gasteiger partial charge in [-0.2, -0.15) is 18.2 Å². The van der Waals surface area contributed by atoms with E-state index in [9.17, 15) is 13.2 Å². The molecule has 0 amide bonds. The van der Waals surface area contributed by atoms with Crippen LogP contribution in [0.15, 0.2) is 18.5 Å². The molecule has 2 aromatic heterocycles. The minimum Gasteiger partial charge on any atom is -0.368 e. The average molecular weight is 432 g/mol. The molecule has 4 bridgehead atoms. The summed E-state index contributed by atoms with van der Waals surface area (Å²) >= 11 is 0. The van der Waals surface area contributed by atoms with Crippen molar-refractivity contribution in [3.8, 4) is 11.3 Å². The number of halogens is 3. The Balaban J connectivity index is 1.32. The molecular formula is C20H23F3N8. The summed E-state index contributed by atoms with van der Waals surface area (Å²) in [5, 5.41) is 0. The lowest BCUT2D eigenvalue weighted by Crippen LogP contribution is -2.49. The summed E-state index contributed by atoms with van der Waals surface area (Å²) in [6.07, 6.45) is 2.19. The fourth-order valence-electron chi connectivity index (χ4n) is 5.55. The van der Waals surface area contributed by atoms with Crippen LogP contribution in [0.1, 0.15) is 19.3 Å². The Morgan fingerprint density at radius 2 is 1.71 bits per heavy atom. The van der Waals surface area contributed by atoms with E-state index in [1.165, 1.54) is 12.8 Å². The van der Waals surface area contributed by atoms with E-state index in [-0.39, 0.29) is 18.0 Å². The maximum absolute atomic E-state index is 12.9. The first-order valence-corrected chi connectivity index (χ1v) is 10.6. The molecule has 7 rings (SSSR count). The third kappa shape index (κ3) is 3.35. The summed E-state index contributed by atoms with van der Waals surface area (Å²) in [6.45, 7) is 1.05. The Morgan fingerprint density at radius 3 is 2.32 bits per heavy atom. The van der Waals surface area contributed by atoms with Gasteiger partial charge >= 0.3 is 6.18 Å². The third-order valence-corrected chi connectivity index (χ3v) is 7.06. The van der Waals surface area contributed by atoms with Gasteiger partial charge in [-0.05, 0) is 25.2 Å². The summed E-state index contributed by atoms with van der Waals surface area (Å²) in [4.78, 5) is 23.8. The van der Waals surface area contributed by atoms with Gasteiger partial charge < -0.3 is 15.5 Å². The van der Waals surface area contributed by atoms with Gasteiger partial charge in [-0.25, -0.2) is 15.0 Å². The monoisotopic (exact) mass is 432 g/mol. The molecule has 6 heterocycles. The highest BCUT2D eigenvalue weighted by Crippen LogP contribution is 2.43. The van der Waals surface area contributed by atoms with Crippen LogP contribution in [0, 0.1) is 5.92 Å². The van der Waals surface area contributed by atoms with Crippen molar-refractivity contribution >= 4 is 17.7 Å². The number of anilines is 3. The van der Waals surface area contributed by atoms with Gasteiger partial charge in [0.1, 0.15) is 5.82 Å². The Bertz CT molecular complexity index is 991. The second-order valence-corrected chi connectivity index (χ2v) is 9.13. The summed E-state index contributed by atoms with van der Waals surface area (Å²) < 4.78 is 38.7. The SMILES string of the molecule is Nc1ncc(-c2cc(N3CC4CC3CN4CC(F)(F)F)nc(N3CC4CC3C4)n2)cn1. The predicted octanol–water partition coefficient (Wildman–Crippen LogP) is 1.94. The number of rotatable bonds is 4. The number of aromatic nitrogens is 4. The third-order valence-electron chi connectivity index (χ3n) is 7.06. The molecule has 0 radical (unpaired) electrons. The first-order valence-electron chi connectivity index (χ1n) is 10.6. The quantitative estimate of drug-likeness (QED) is 0.785. The molecule has 0 spiro atoms. The van der Waals surface area contributed by atoms with Gasteiger partial charge in [-0.1, -0.05) is 0 Å². The van der Waals surface area contributed by atoms with Gasteiger partial charge in [0.05, 0.1) is 12.2 Å². The van der Waals surface area contributed by atoms with E-state index < -0.39 is 12.7 Å². The number of nitrogens with zero attached hydrogens (tertiary/aromatic N) is 7. The first kappa shape index (κ1) is 19.0. The fourth-order valence-corrected chi connectivity index (χ4v) is 5.55. The Morgan fingerprint density at radius 1 is 0.935 bits per heavy atom. The Hall–Kier alpha value is -2.69. The van der Waals surface area contributed by atoms with Gasteiger partial charge in [0, 0.05) is 61.8 Å². The number of nitrogens with two attached hydrogens (primary N) is 1. The highest BCUT2D eigenvalue weighted by Gasteiger charge is 2.48. The molecule has 8 nitrogen and oxygen atoms in total. The highest BCUT2D eigenvalue weighted by atomic mass is 19.4. The van der Waals surface area contributed by atoms with E-state index >= 15 is 0 Å². The normalized spacial score (nSPS) is 29.6. The average Bonchev–Trinajstić information content (AvgIpc) is 3.46. The molecule has 0 aromatic carbocycles. The molecule has 164 valence electrons. The highest BCUT2D eigenvalue weighted by molar-refractivity contribution is 5.65. The Labute approximate surface area is 177 Å². The van der Waals surface area contributed by atoms with Crippen LogP contribution in [0.4, 0.5) is 30.9 Å². The first-order chi connectivity index (χ1) is 14.8. The topological polar surface area (TPSA) is 87.3 Å². The molecule has 4 saturated heterocycles. The van der Waals surface area contributed by atoms with Gasteiger partial charge in [-0.15, -0.1) is 0 Å². The second-order valence-electron chi connectivity index (χ2n) is 9.13. The van der Waals surface area contributed by atoms with Gasteiger partial charge in [0.15, 0.2) is 0 Å². The zero-order valence-electron chi connectivity index (χ0n) is 16.8. The number of alkyl halides is 3. The van der Waals surface area contributed by atoms with Crippen molar-refractivity contribution < 1.29 is 13.2 Å². The zero-order valence-corrected chi connectivity index (χ0v) is 16.8. The molecule has 2 N–H and O–H groups in total. The minimum atomic E-state index is -4.17. The second kappa shape index (κ2) is 6.65. The molecule has 4 aliphatic heterocycles. The number of nitrogen functional groups attached to an aromatic ring is 1. The maximum Gasteiger partial charge on any atom is 0.401 e. The van der Waals surface area contributed by atoms with Crippen LogP contribution in [-0.4, -0.2) is 75.3 Å². The number of hydrogen-bond acceptors (Lipinski definition) is 8.